The van der Waals surface area contributed by atoms with Crippen molar-refractivity contribution < 1.29 is 4.43 Å². The summed E-state index contributed by atoms with van der Waals surface area (Å²) in [5.41, 5.74) is 0. The van der Waals surface area contributed by atoms with Gasteiger partial charge in [-0.2, -0.15) is 0 Å². The Kier molecular flexibility index (Phi) is 7.35. The molecule has 0 amide bonds. The summed E-state index contributed by atoms with van der Waals surface area (Å²) in [5, 5.41) is 0. The lowest BCUT2D eigenvalue weighted by atomic mass is 10.5. The van der Waals surface area contributed by atoms with Crippen molar-refractivity contribution in [3.8, 4) is 0 Å². The van der Waals surface area contributed by atoms with Crippen LogP contribution in [0.4, 0.5) is 0 Å². The van der Waals surface area contributed by atoms with Gasteiger partial charge in [-0.3, -0.25) is 0 Å². The van der Waals surface area contributed by atoms with Gasteiger partial charge in [0.25, 0.3) is 9.20 Å². The van der Waals surface area contributed by atoms with Crippen LogP contribution in [0, 0.1) is 0 Å². The molecule has 0 radical (unpaired) electrons. The molecule has 0 fully saturated rings. The maximum atomic E-state index is 5.52. The van der Waals surface area contributed by atoms with Gasteiger partial charge in [0.05, 0.1) is 0 Å². The zero-order valence-electron chi connectivity index (χ0n) is 7.31. The van der Waals surface area contributed by atoms with Crippen molar-refractivity contribution in [2.75, 3.05) is 13.2 Å². The fourth-order valence-electron chi connectivity index (χ4n) is 0.828. The number of hydrogen-bond donors (Lipinski definition) is 1. The second kappa shape index (κ2) is 7.25. The number of hydrogen-bond acceptors (Lipinski definition) is 2. The monoisotopic (exact) mass is 161 g/mol. The average Bonchev–Trinajstić information content (AvgIpc) is 1.98. The number of rotatable bonds is 6. The molecule has 0 aliphatic carbocycles. The van der Waals surface area contributed by atoms with Crippen LogP contribution in [0.1, 0.15) is 27.2 Å². The van der Waals surface area contributed by atoms with Gasteiger partial charge in [-0.05, 0) is 25.9 Å². The van der Waals surface area contributed by atoms with Crippen LogP contribution in [0.25, 0.3) is 0 Å². The lowest BCUT2D eigenvalue weighted by Crippen LogP contribution is -2.36. The Balaban J connectivity index is 3.21. The van der Waals surface area contributed by atoms with E-state index < -0.39 is 9.20 Å². The van der Waals surface area contributed by atoms with E-state index in [1.54, 1.807) is 0 Å². The summed E-state index contributed by atoms with van der Waals surface area (Å²) in [5.74, 6) is 0. The zero-order valence-corrected chi connectivity index (χ0v) is 8.47. The van der Waals surface area contributed by atoms with Gasteiger partial charge in [-0.25, -0.2) is 0 Å². The van der Waals surface area contributed by atoms with Crippen LogP contribution < -0.4 is 4.98 Å². The van der Waals surface area contributed by atoms with Crippen molar-refractivity contribution in [3.63, 3.8) is 0 Å². The molecule has 10 heavy (non-hydrogen) atoms. The smallest absolute Gasteiger partial charge is 0.251 e. The molecule has 0 heterocycles. The fraction of sp³-hybridized carbons (Fsp3) is 1.00. The third-order valence-electron chi connectivity index (χ3n) is 1.36. The van der Waals surface area contributed by atoms with Crippen LogP contribution in [0.3, 0.4) is 0 Å². The van der Waals surface area contributed by atoms with E-state index in [-0.39, 0.29) is 0 Å². The van der Waals surface area contributed by atoms with Crippen molar-refractivity contribution in [1.82, 2.24) is 4.98 Å². The lowest BCUT2D eigenvalue weighted by Gasteiger charge is -2.13. The maximum absolute atomic E-state index is 5.52. The van der Waals surface area contributed by atoms with E-state index in [0.717, 1.165) is 13.2 Å². The lowest BCUT2D eigenvalue weighted by molar-refractivity contribution is 0.333. The van der Waals surface area contributed by atoms with E-state index in [1.807, 2.05) is 0 Å². The van der Waals surface area contributed by atoms with Gasteiger partial charge >= 0.3 is 0 Å². The summed E-state index contributed by atoms with van der Waals surface area (Å²) in [6, 6.07) is 1.19. The molecular weight excluding hydrogens is 142 g/mol. The first-order valence-corrected chi connectivity index (χ1v) is 6.06. The van der Waals surface area contributed by atoms with Gasteiger partial charge in [0, 0.05) is 6.61 Å². The van der Waals surface area contributed by atoms with Crippen LogP contribution >= 0.6 is 0 Å². The highest BCUT2D eigenvalue weighted by Crippen LogP contribution is 1.89. The van der Waals surface area contributed by atoms with Crippen molar-refractivity contribution in [2.24, 2.45) is 0 Å². The summed E-state index contributed by atoms with van der Waals surface area (Å²) in [4.78, 5) is 3.44. The molecule has 0 aromatic heterocycles. The topological polar surface area (TPSA) is 21.3 Å². The highest BCUT2D eigenvalue weighted by molar-refractivity contribution is 6.48. The van der Waals surface area contributed by atoms with Gasteiger partial charge in [0.1, 0.15) is 0 Å². The second-order valence-electron chi connectivity index (χ2n) is 2.31. The van der Waals surface area contributed by atoms with E-state index in [4.69, 9.17) is 4.43 Å². The first-order chi connectivity index (χ1) is 4.85. The molecule has 1 atom stereocenters. The number of nitrogens with one attached hydrogen (secondary N) is 1. The van der Waals surface area contributed by atoms with E-state index in [9.17, 15) is 0 Å². The third-order valence-corrected chi connectivity index (χ3v) is 3.58. The predicted molar refractivity (Wildman–Crippen MR) is 47.5 cm³/mol. The van der Waals surface area contributed by atoms with E-state index in [2.05, 4.69) is 25.8 Å². The van der Waals surface area contributed by atoms with Gasteiger partial charge in [0.15, 0.2) is 0 Å². The Morgan fingerprint density at radius 1 is 1.30 bits per heavy atom. The molecule has 1 N–H and O–H groups in total. The van der Waals surface area contributed by atoms with Gasteiger partial charge in [-0.1, -0.05) is 13.8 Å². The van der Waals surface area contributed by atoms with Crippen LogP contribution in [-0.4, -0.2) is 22.4 Å². The van der Waals surface area contributed by atoms with E-state index in [1.165, 1.54) is 12.5 Å². The Labute approximate surface area is 65.8 Å². The molecule has 0 spiro atoms. The Morgan fingerprint density at radius 3 is 2.40 bits per heavy atom. The van der Waals surface area contributed by atoms with Crippen molar-refractivity contribution in [3.05, 3.63) is 0 Å². The summed E-state index contributed by atoms with van der Waals surface area (Å²) < 4.78 is 5.52. The van der Waals surface area contributed by atoms with Crippen molar-refractivity contribution in [1.29, 1.82) is 0 Å². The molecule has 1 unspecified atom stereocenters. The Bertz CT molecular complexity index is 70.6. The van der Waals surface area contributed by atoms with E-state index >= 15 is 0 Å². The van der Waals surface area contributed by atoms with Crippen LogP contribution in [0.5, 0.6) is 0 Å². The van der Waals surface area contributed by atoms with Crippen molar-refractivity contribution in [2.45, 2.75) is 33.2 Å². The van der Waals surface area contributed by atoms with Gasteiger partial charge in [-0.15, -0.1) is 0 Å². The normalized spacial score (nSPS) is 13.5. The molecule has 0 aromatic carbocycles. The summed E-state index contributed by atoms with van der Waals surface area (Å²) in [6.07, 6.45) is 1.20. The van der Waals surface area contributed by atoms with Crippen LogP contribution in [0.15, 0.2) is 0 Å². The summed E-state index contributed by atoms with van der Waals surface area (Å²) >= 11 is 0. The first kappa shape index (κ1) is 10.1. The highest BCUT2D eigenvalue weighted by Gasteiger charge is 2.05. The van der Waals surface area contributed by atoms with Crippen LogP contribution in [-0.2, 0) is 4.43 Å². The molecule has 0 aliphatic heterocycles. The van der Waals surface area contributed by atoms with Crippen molar-refractivity contribution >= 4 is 9.20 Å². The fourth-order valence-corrected chi connectivity index (χ4v) is 2.48. The molecular formula is C7H19NOSi. The quantitative estimate of drug-likeness (QED) is 0.592. The molecule has 0 rings (SSSR count). The minimum absolute atomic E-state index is 0.863. The third kappa shape index (κ3) is 4.96. The largest absolute Gasteiger partial charge is 0.406 e. The molecule has 0 aromatic rings. The molecule has 3 heteroatoms. The predicted octanol–water partition coefficient (Wildman–Crippen LogP) is 1.26. The summed E-state index contributed by atoms with van der Waals surface area (Å²) in [7, 11) is -0.981. The molecule has 0 saturated carbocycles. The van der Waals surface area contributed by atoms with Crippen LogP contribution in [0.2, 0.25) is 6.04 Å². The molecule has 0 bridgehead atoms. The SMILES string of the molecule is CCCN[SiH](CC)OCC. The minimum Gasteiger partial charge on any atom is -0.406 e. The molecule has 62 valence electrons. The Hall–Kier alpha value is 0.137. The zero-order chi connectivity index (χ0) is 7.82. The van der Waals surface area contributed by atoms with Gasteiger partial charge in [0.2, 0.25) is 0 Å². The molecule has 0 saturated heterocycles. The highest BCUT2D eigenvalue weighted by atomic mass is 28.3. The first-order valence-electron chi connectivity index (χ1n) is 4.20. The summed E-state index contributed by atoms with van der Waals surface area (Å²) in [6.45, 7) is 8.41. The average molecular weight is 161 g/mol. The Morgan fingerprint density at radius 2 is 2.00 bits per heavy atom. The minimum atomic E-state index is -0.981. The molecule has 2 nitrogen and oxygen atoms in total. The van der Waals surface area contributed by atoms with Gasteiger partial charge < -0.3 is 9.41 Å². The van der Waals surface area contributed by atoms with E-state index in [0.29, 0.717) is 0 Å². The second-order valence-corrected chi connectivity index (χ2v) is 4.84. The maximum Gasteiger partial charge on any atom is 0.251 e. The molecule has 0 aliphatic rings. The standard InChI is InChI=1S/C7H19NOSi/c1-4-7-8-10(6-3)9-5-2/h8,10H,4-7H2,1-3H3.